The Morgan fingerprint density at radius 2 is 1.77 bits per heavy atom. The summed E-state index contributed by atoms with van der Waals surface area (Å²) in [6, 6.07) is 17.6. The summed E-state index contributed by atoms with van der Waals surface area (Å²) in [5.74, 6) is -1.59. The number of carboxylic acid groups (broad SMARTS) is 1. The monoisotopic (exact) mass is 566 g/mol. The number of benzene rings is 2. The van der Waals surface area contributed by atoms with Crippen molar-refractivity contribution in [2.24, 2.45) is 0 Å². The fourth-order valence-corrected chi connectivity index (χ4v) is 5.14. The molecule has 210 valence electrons. The Bertz CT molecular complexity index is 1330. The van der Waals surface area contributed by atoms with Gasteiger partial charge in [-0.2, -0.15) is 0 Å². The van der Waals surface area contributed by atoms with Crippen molar-refractivity contribution in [3.8, 4) is 0 Å². The highest BCUT2D eigenvalue weighted by molar-refractivity contribution is 7.99. The van der Waals surface area contributed by atoms with Gasteiger partial charge in [0.15, 0.2) is 12.4 Å². The van der Waals surface area contributed by atoms with Gasteiger partial charge in [0, 0.05) is 36.5 Å². The number of aromatic nitrogens is 1. The molecule has 0 bridgehead atoms. The number of ether oxygens (including phenoxy) is 3. The fraction of sp³-hybridized carbons (Fsp3) is 0.310. The summed E-state index contributed by atoms with van der Waals surface area (Å²) in [6.45, 7) is 2.67. The van der Waals surface area contributed by atoms with Crippen LogP contribution < -0.4 is 5.32 Å². The lowest BCUT2D eigenvalue weighted by Crippen LogP contribution is -2.31. The summed E-state index contributed by atoms with van der Waals surface area (Å²) in [5.41, 5.74) is 3.09. The Labute approximate surface area is 235 Å². The molecule has 1 fully saturated rings. The topological polar surface area (TPSA) is 144 Å². The first-order valence-electron chi connectivity index (χ1n) is 12.6. The van der Waals surface area contributed by atoms with E-state index in [0.717, 1.165) is 16.7 Å². The van der Waals surface area contributed by atoms with E-state index in [1.165, 1.54) is 31.7 Å². The van der Waals surface area contributed by atoms with Crippen LogP contribution in [0.3, 0.4) is 0 Å². The molecule has 0 spiro atoms. The van der Waals surface area contributed by atoms with Gasteiger partial charge >= 0.3 is 11.9 Å². The van der Waals surface area contributed by atoms with Crippen LogP contribution in [-0.4, -0.2) is 51.0 Å². The van der Waals surface area contributed by atoms with E-state index in [9.17, 15) is 24.6 Å². The second kappa shape index (κ2) is 13.5. The Morgan fingerprint density at radius 1 is 1.07 bits per heavy atom. The van der Waals surface area contributed by atoms with Gasteiger partial charge in [0.2, 0.25) is 0 Å². The average molecular weight is 567 g/mol. The van der Waals surface area contributed by atoms with E-state index in [-0.39, 0.29) is 24.4 Å². The number of anilines is 1. The van der Waals surface area contributed by atoms with Gasteiger partial charge in [0.1, 0.15) is 5.03 Å². The molecular weight excluding hydrogens is 536 g/mol. The predicted octanol–water partition coefficient (Wildman–Crippen LogP) is 4.50. The van der Waals surface area contributed by atoms with E-state index < -0.39 is 30.2 Å². The molecular formula is C29H30N2O8S. The maximum absolute atomic E-state index is 12.3. The van der Waals surface area contributed by atoms with Crippen LogP contribution in [0.2, 0.25) is 0 Å². The lowest BCUT2D eigenvalue weighted by molar-refractivity contribution is -0.245. The Morgan fingerprint density at radius 3 is 2.42 bits per heavy atom. The molecule has 1 aliphatic rings. The van der Waals surface area contributed by atoms with Crippen LogP contribution in [0, 0.1) is 0 Å². The van der Waals surface area contributed by atoms with Crippen molar-refractivity contribution in [1.82, 2.24) is 4.98 Å². The van der Waals surface area contributed by atoms with Gasteiger partial charge in [-0.05, 0) is 42.3 Å². The lowest BCUT2D eigenvalue weighted by atomic mass is 10.0. The number of pyridine rings is 1. The Kier molecular flexibility index (Phi) is 9.88. The number of carbonyl (C=O) groups is 3. The number of hydrogen-bond acceptors (Lipinski definition) is 9. The van der Waals surface area contributed by atoms with Gasteiger partial charge in [-0.3, -0.25) is 9.59 Å². The first kappa shape index (κ1) is 29.2. The largest absolute Gasteiger partial charge is 0.478 e. The van der Waals surface area contributed by atoms with Crippen LogP contribution in [0.4, 0.5) is 5.69 Å². The summed E-state index contributed by atoms with van der Waals surface area (Å²) in [4.78, 5) is 39.2. The van der Waals surface area contributed by atoms with Crippen molar-refractivity contribution in [1.29, 1.82) is 0 Å². The number of aliphatic hydroxyl groups is 1. The van der Waals surface area contributed by atoms with E-state index in [2.05, 4.69) is 10.3 Å². The SMILES string of the molecule is CC(=O)O[C@@H](C)C(=O)Nc1ccc([C@@H]2O[C@H](CSc3ncccc3C(=O)O)C[C@H](c3ccc(CO)cc3)O2)cc1. The van der Waals surface area contributed by atoms with E-state index in [4.69, 9.17) is 14.2 Å². The molecule has 2 aromatic carbocycles. The molecule has 3 aromatic rings. The third kappa shape index (κ3) is 7.66. The van der Waals surface area contributed by atoms with Crippen molar-refractivity contribution in [2.45, 2.75) is 56.5 Å². The van der Waals surface area contributed by atoms with Crippen molar-refractivity contribution < 1.29 is 38.8 Å². The van der Waals surface area contributed by atoms with E-state index in [1.807, 2.05) is 24.3 Å². The van der Waals surface area contributed by atoms with Crippen LogP contribution in [-0.2, 0) is 30.4 Å². The number of aliphatic hydroxyl groups excluding tert-OH is 1. The minimum atomic E-state index is -1.04. The Balaban J connectivity index is 1.50. The second-order valence-corrected chi connectivity index (χ2v) is 10.2. The highest BCUT2D eigenvalue weighted by atomic mass is 32.2. The molecule has 1 aliphatic heterocycles. The van der Waals surface area contributed by atoms with Crippen LogP contribution in [0.1, 0.15) is 59.7 Å². The number of amides is 1. The van der Waals surface area contributed by atoms with Crippen LogP contribution in [0.15, 0.2) is 71.9 Å². The van der Waals surface area contributed by atoms with Crippen LogP contribution >= 0.6 is 11.8 Å². The first-order chi connectivity index (χ1) is 19.2. The average Bonchev–Trinajstić information content (AvgIpc) is 2.96. The standard InChI is InChI=1S/C29H30N2O8S/c1-17(37-18(2)33)26(34)31-22-11-9-21(10-12-22)29-38-23(16-40-27-24(28(35)36)4-3-13-30-27)14-25(39-29)20-7-5-19(15-32)6-8-20/h3-13,17,23,25,29,32H,14-16H2,1-2H3,(H,31,34)(H,35,36)/t17-,23-,25+,29+/m0/s1. The first-order valence-corrected chi connectivity index (χ1v) is 13.6. The van der Waals surface area contributed by atoms with Crippen molar-refractivity contribution in [2.75, 3.05) is 11.1 Å². The lowest BCUT2D eigenvalue weighted by Gasteiger charge is -2.36. The molecule has 1 aromatic heterocycles. The molecule has 40 heavy (non-hydrogen) atoms. The van der Waals surface area contributed by atoms with E-state index in [1.54, 1.807) is 36.5 Å². The molecule has 0 radical (unpaired) electrons. The van der Waals surface area contributed by atoms with Crippen LogP contribution in [0.5, 0.6) is 0 Å². The number of carboxylic acids is 1. The molecule has 1 amide bonds. The van der Waals surface area contributed by atoms with Gasteiger partial charge in [0.25, 0.3) is 5.91 Å². The highest BCUT2D eigenvalue weighted by Gasteiger charge is 2.32. The molecule has 11 heteroatoms. The molecule has 0 unspecified atom stereocenters. The molecule has 10 nitrogen and oxygen atoms in total. The minimum Gasteiger partial charge on any atom is -0.478 e. The number of aromatic carboxylic acids is 1. The van der Waals surface area contributed by atoms with Crippen LogP contribution in [0.25, 0.3) is 0 Å². The number of nitrogens with zero attached hydrogens (tertiary/aromatic N) is 1. The zero-order chi connectivity index (χ0) is 28.6. The number of thioether (sulfide) groups is 1. The van der Waals surface area contributed by atoms with Gasteiger partial charge in [0.05, 0.1) is 24.4 Å². The number of carbonyl (C=O) groups excluding carboxylic acids is 2. The maximum atomic E-state index is 12.3. The third-order valence-corrected chi connectivity index (χ3v) is 7.32. The minimum absolute atomic E-state index is 0.0602. The molecule has 4 atom stereocenters. The summed E-state index contributed by atoms with van der Waals surface area (Å²) >= 11 is 1.31. The van der Waals surface area contributed by atoms with Crippen molar-refractivity contribution in [3.63, 3.8) is 0 Å². The predicted molar refractivity (Wildman–Crippen MR) is 147 cm³/mol. The number of hydrogen-bond donors (Lipinski definition) is 3. The normalized spacial score (nSPS) is 19.4. The van der Waals surface area contributed by atoms with Crippen molar-refractivity contribution in [3.05, 3.63) is 89.1 Å². The summed E-state index contributed by atoms with van der Waals surface area (Å²) in [6.07, 6.45) is -0.184. The summed E-state index contributed by atoms with van der Waals surface area (Å²) < 4.78 is 17.5. The smallest absolute Gasteiger partial charge is 0.338 e. The fourth-order valence-electron chi connectivity index (χ4n) is 4.13. The summed E-state index contributed by atoms with van der Waals surface area (Å²) in [5, 5.41) is 22.0. The van der Waals surface area contributed by atoms with Gasteiger partial charge in [-0.25, -0.2) is 9.78 Å². The second-order valence-electron chi connectivity index (χ2n) is 9.19. The molecule has 2 heterocycles. The zero-order valence-electron chi connectivity index (χ0n) is 22.0. The van der Waals surface area contributed by atoms with Gasteiger partial charge < -0.3 is 29.7 Å². The molecule has 1 saturated heterocycles. The molecule has 4 rings (SSSR count). The highest BCUT2D eigenvalue weighted by Crippen LogP contribution is 2.39. The van der Waals surface area contributed by atoms with Gasteiger partial charge in [-0.15, -0.1) is 11.8 Å². The third-order valence-electron chi connectivity index (χ3n) is 6.18. The maximum Gasteiger partial charge on any atom is 0.338 e. The molecule has 0 aliphatic carbocycles. The number of esters is 1. The Hall–Kier alpha value is -3.77. The van der Waals surface area contributed by atoms with E-state index >= 15 is 0 Å². The van der Waals surface area contributed by atoms with Gasteiger partial charge in [-0.1, -0.05) is 36.4 Å². The zero-order valence-corrected chi connectivity index (χ0v) is 22.8. The molecule has 0 saturated carbocycles. The van der Waals surface area contributed by atoms with E-state index in [0.29, 0.717) is 22.9 Å². The quantitative estimate of drug-likeness (QED) is 0.237. The molecule has 3 N–H and O–H groups in total. The van der Waals surface area contributed by atoms with Crippen molar-refractivity contribution >= 4 is 35.3 Å². The number of rotatable bonds is 10. The summed E-state index contributed by atoms with van der Waals surface area (Å²) in [7, 11) is 0. The number of nitrogens with one attached hydrogen (secondary N) is 1.